The standard InChI is InChI=1S/C13H11BrCl2N2O/c1-7-2-10(6-18-13(7)14)17-5-8-3-9(15)4-11(16)12(8)19/h2-4,6,17,19H,5H2,1H3. The minimum absolute atomic E-state index is 0.0420. The van der Waals surface area contributed by atoms with Crippen LogP contribution in [0.3, 0.4) is 0 Å². The largest absolute Gasteiger partial charge is 0.506 e. The molecule has 0 saturated carbocycles. The monoisotopic (exact) mass is 360 g/mol. The molecule has 0 radical (unpaired) electrons. The van der Waals surface area contributed by atoms with Gasteiger partial charge in [-0.05, 0) is 46.6 Å². The number of pyridine rings is 1. The van der Waals surface area contributed by atoms with Crippen molar-refractivity contribution in [2.45, 2.75) is 13.5 Å². The Morgan fingerprint density at radius 2 is 2.05 bits per heavy atom. The zero-order chi connectivity index (χ0) is 14.0. The van der Waals surface area contributed by atoms with Crippen LogP contribution in [-0.4, -0.2) is 10.1 Å². The molecule has 0 unspecified atom stereocenters. The Hall–Kier alpha value is -0.970. The van der Waals surface area contributed by atoms with E-state index in [1.807, 2.05) is 13.0 Å². The quantitative estimate of drug-likeness (QED) is 0.773. The smallest absolute Gasteiger partial charge is 0.139 e. The second-order valence-corrected chi connectivity index (χ2v) is 5.68. The summed E-state index contributed by atoms with van der Waals surface area (Å²) >= 11 is 15.1. The third-order valence-corrected chi connectivity index (χ3v) is 3.94. The molecule has 6 heteroatoms. The van der Waals surface area contributed by atoms with Crippen molar-refractivity contribution in [1.82, 2.24) is 4.98 Å². The van der Waals surface area contributed by atoms with Crippen LogP contribution < -0.4 is 5.32 Å². The van der Waals surface area contributed by atoms with E-state index in [0.29, 0.717) is 17.1 Å². The van der Waals surface area contributed by atoms with E-state index in [2.05, 4.69) is 26.2 Å². The van der Waals surface area contributed by atoms with Crippen molar-refractivity contribution < 1.29 is 5.11 Å². The molecule has 0 fully saturated rings. The van der Waals surface area contributed by atoms with E-state index in [1.165, 1.54) is 6.07 Å². The molecule has 0 bridgehead atoms. The summed E-state index contributed by atoms with van der Waals surface area (Å²) in [6, 6.07) is 5.14. The Kier molecular flexibility index (Phi) is 4.55. The van der Waals surface area contributed by atoms with Crippen LogP contribution in [0.25, 0.3) is 0 Å². The van der Waals surface area contributed by atoms with Crippen LogP contribution >= 0.6 is 39.1 Å². The fourth-order valence-corrected chi connectivity index (χ4v) is 2.36. The van der Waals surface area contributed by atoms with Crippen LogP contribution in [0, 0.1) is 6.92 Å². The van der Waals surface area contributed by atoms with Crippen LogP contribution in [0.15, 0.2) is 29.0 Å². The van der Waals surface area contributed by atoms with Gasteiger partial charge in [0, 0.05) is 17.1 Å². The molecule has 1 aromatic carbocycles. The Labute approximate surface area is 129 Å². The lowest BCUT2D eigenvalue weighted by molar-refractivity contribution is 0.469. The molecule has 19 heavy (non-hydrogen) atoms. The molecule has 1 aromatic heterocycles. The highest BCUT2D eigenvalue weighted by Gasteiger charge is 2.08. The highest BCUT2D eigenvalue weighted by atomic mass is 79.9. The van der Waals surface area contributed by atoms with Crippen LogP contribution in [0.5, 0.6) is 5.75 Å². The Morgan fingerprint density at radius 1 is 1.32 bits per heavy atom. The number of benzene rings is 1. The number of rotatable bonds is 3. The van der Waals surface area contributed by atoms with Gasteiger partial charge in [-0.25, -0.2) is 4.98 Å². The lowest BCUT2D eigenvalue weighted by atomic mass is 10.2. The van der Waals surface area contributed by atoms with Gasteiger partial charge in [-0.1, -0.05) is 23.2 Å². The van der Waals surface area contributed by atoms with E-state index in [9.17, 15) is 5.11 Å². The van der Waals surface area contributed by atoms with Gasteiger partial charge < -0.3 is 10.4 Å². The van der Waals surface area contributed by atoms with Gasteiger partial charge in [0.1, 0.15) is 10.4 Å². The second kappa shape index (κ2) is 5.99. The molecule has 0 atom stereocenters. The molecular weight excluding hydrogens is 351 g/mol. The van der Waals surface area contributed by atoms with Gasteiger partial charge >= 0.3 is 0 Å². The average Bonchev–Trinajstić information content (AvgIpc) is 2.36. The van der Waals surface area contributed by atoms with E-state index in [1.54, 1.807) is 12.3 Å². The zero-order valence-corrected chi connectivity index (χ0v) is 13.1. The predicted octanol–water partition coefficient (Wildman–Crippen LogP) is 4.78. The lowest BCUT2D eigenvalue weighted by Gasteiger charge is -2.10. The minimum Gasteiger partial charge on any atom is -0.506 e. The van der Waals surface area contributed by atoms with Gasteiger partial charge in [0.25, 0.3) is 0 Å². The van der Waals surface area contributed by atoms with Crippen LogP contribution in [-0.2, 0) is 6.54 Å². The number of hydrogen-bond acceptors (Lipinski definition) is 3. The van der Waals surface area contributed by atoms with E-state index < -0.39 is 0 Å². The van der Waals surface area contributed by atoms with Crippen molar-refractivity contribution in [3.8, 4) is 5.75 Å². The van der Waals surface area contributed by atoms with Gasteiger partial charge in [0.05, 0.1) is 16.9 Å². The van der Waals surface area contributed by atoms with Crippen LogP contribution in [0.2, 0.25) is 10.0 Å². The molecule has 0 saturated heterocycles. The first-order valence-electron chi connectivity index (χ1n) is 5.50. The summed E-state index contributed by atoms with van der Waals surface area (Å²) < 4.78 is 0.812. The number of aryl methyl sites for hydroxylation is 1. The predicted molar refractivity (Wildman–Crippen MR) is 82.1 cm³/mol. The Balaban J connectivity index is 2.16. The molecule has 2 rings (SSSR count). The van der Waals surface area contributed by atoms with Gasteiger partial charge in [-0.2, -0.15) is 0 Å². The molecule has 0 aliphatic heterocycles. The van der Waals surface area contributed by atoms with E-state index >= 15 is 0 Å². The third-order valence-electron chi connectivity index (χ3n) is 2.60. The van der Waals surface area contributed by atoms with Crippen molar-refractivity contribution in [1.29, 1.82) is 0 Å². The van der Waals surface area contributed by atoms with E-state index in [4.69, 9.17) is 23.2 Å². The molecule has 100 valence electrons. The fourth-order valence-electron chi connectivity index (χ4n) is 1.61. The summed E-state index contributed by atoms with van der Waals surface area (Å²) in [5.41, 5.74) is 2.52. The first-order chi connectivity index (χ1) is 8.97. The van der Waals surface area contributed by atoms with Crippen LogP contribution in [0.1, 0.15) is 11.1 Å². The molecule has 3 nitrogen and oxygen atoms in total. The van der Waals surface area contributed by atoms with Gasteiger partial charge in [-0.3, -0.25) is 0 Å². The summed E-state index contributed by atoms with van der Waals surface area (Å²) in [4.78, 5) is 4.19. The molecule has 2 aromatic rings. The number of aromatic hydroxyl groups is 1. The van der Waals surface area contributed by atoms with Crippen molar-refractivity contribution in [2.24, 2.45) is 0 Å². The maximum atomic E-state index is 9.85. The highest BCUT2D eigenvalue weighted by molar-refractivity contribution is 9.10. The topological polar surface area (TPSA) is 45.1 Å². The maximum Gasteiger partial charge on any atom is 0.139 e. The normalized spacial score (nSPS) is 10.5. The summed E-state index contributed by atoms with van der Waals surface area (Å²) in [6.45, 7) is 2.37. The number of anilines is 1. The molecule has 0 aliphatic carbocycles. The van der Waals surface area contributed by atoms with Gasteiger partial charge in [-0.15, -0.1) is 0 Å². The average molecular weight is 362 g/mol. The fraction of sp³-hybridized carbons (Fsp3) is 0.154. The maximum absolute atomic E-state index is 9.85. The summed E-state index contributed by atoms with van der Waals surface area (Å²) in [5.74, 6) is 0.0420. The molecular formula is C13H11BrCl2N2O. The van der Waals surface area contributed by atoms with Crippen LogP contribution in [0.4, 0.5) is 5.69 Å². The van der Waals surface area contributed by atoms with Gasteiger partial charge in [0.15, 0.2) is 0 Å². The number of nitrogens with zero attached hydrogens (tertiary/aromatic N) is 1. The summed E-state index contributed by atoms with van der Waals surface area (Å²) in [6.07, 6.45) is 1.71. The number of phenolic OH excluding ortho intramolecular Hbond substituents is 1. The number of nitrogens with one attached hydrogen (secondary N) is 1. The number of phenols is 1. The zero-order valence-electron chi connectivity index (χ0n) is 10.0. The minimum atomic E-state index is 0.0420. The van der Waals surface area contributed by atoms with Crippen molar-refractivity contribution in [2.75, 3.05) is 5.32 Å². The molecule has 0 spiro atoms. The summed E-state index contributed by atoms with van der Waals surface area (Å²) in [5, 5.41) is 13.7. The Morgan fingerprint density at radius 3 is 2.74 bits per heavy atom. The molecule has 2 N–H and O–H groups in total. The van der Waals surface area contributed by atoms with Gasteiger partial charge in [0.2, 0.25) is 0 Å². The van der Waals surface area contributed by atoms with E-state index in [0.717, 1.165) is 15.9 Å². The van der Waals surface area contributed by atoms with Crippen molar-refractivity contribution >= 4 is 44.8 Å². The number of hydrogen-bond donors (Lipinski definition) is 2. The third kappa shape index (κ3) is 3.53. The SMILES string of the molecule is Cc1cc(NCc2cc(Cl)cc(Cl)c2O)cnc1Br. The highest BCUT2D eigenvalue weighted by Crippen LogP contribution is 2.31. The van der Waals surface area contributed by atoms with Crippen molar-refractivity contribution in [3.05, 3.63) is 50.2 Å². The second-order valence-electron chi connectivity index (χ2n) is 4.08. The van der Waals surface area contributed by atoms with Crippen molar-refractivity contribution in [3.63, 3.8) is 0 Å². The lowest BCUT2D eigenvalue weighted by Crippen LogP contribution is -2.01. The summed E-state index contributed by atoms with van der Waals surface area (Å²) in [7, 11) is 0. The molecule has 1 heterocycles. The van der Waals surface area contributed by atoms with E-state index in [-0.39, 0.29) is 10.8 Å². The molecule has 0 amide bonds. The first kappa shape index (κ1) is 14.4. The Bertz CT molecular complexity index is 620. The molecule has 0 aliphatic rings. The number of halogens is 3. The first-order valence-corrected chi connectivity index (χ1v) is 7.05. The number of aromatic nitrogens is 1.